The fourth-order valence-electron chi connectivity index (χ4n) is 3.80. The molecule has 0 unspecified atom stereocenters. The molecule has 0 aliphatic heterocycles. The highest BCUT2D eigenvalue weighted by atomic mass is 19.1. The summed E-state index contributed by atoms with van der Waals surface area (Å²) in [5.41, 5.74) is 0.514. The highest BCUT2D eigenvalue weighted by molar-refractivity contribution is 6.04. The Morgan fingerprint density at radius 3 is 2.54 bits per heavy atom. The van der Waals surface area contributed by atoms with Crippen molar-refractivity contribution in [2.45, 2.75) is 0 Å². The summed E-state index contributed by atoms with van der Waals surface area (Å²) in [6.07, 6.45) is 5.43. The van der Waals surface area contributed by atoms with Crippen LogP contribution in [-0.4, -0.2) is 34.7 Å². The van der Waals surface area contributed by atoms with Gasteiger partial charge in [0, 0.05) is 48.4 Å². The van der Waals surface area contributed by atoms with Crippen molar-refractivity contribution in [3.05, 3.63) is 106 Å². The number of anilines is 1. The number of pyridine rings is 4. The van der Waals surface area contributed by atoms with Gasteiger partial charge in [0.25, 0.3) is 17.3 Å². The monoisotopic (exact) mass is 529 g/mol. The molecule has 12 heteroatoms. The highest BCUT2D eigenvalue weighted by Gasteiger charge is 2.17. The van der Waals surface area contributed by atoms with Gasteiger partial charge in [-0.2, -0.15) is 4.73 Å². The SMILES string of the molecule is COc1cc2nccc(Oc3ccc(NC(=O)c4cccn(-c5cc[n+]([O-])cc5)c4=O)cc3F)c2nc1OC. The number of hydrogen-bond donors (Lipinski definition) is 1. The Morgan fingerprint density at radius 2 is 1.82 bits per heavy atom. The molecule has 0 saturated heterocycles. The fourth-order valence-corrected chi connectivity index (χ4v) is 3.80. The number of halogens is 1. The number of methoxy groups -OCH3 is 2. The molecule has 0 fully saturated rings. The second-order valence-electron chi connectivity index (χ2n) is 8.09. The summed E-state index contributed by atoms with van der Waals surface area (Å²) in [6, 6.07) is 12.7. The highest BCUT2D eigenvalue weighted by Crippen LogP contribution is 2.35. The Morgan fingerprint density at radius 1 is 1.03 bits per heavy atom. The zero-order valence-electron chi connectivity index (χ0n) is 20.6. The fraction of sp³-hybridized carbons (Fsp3) is 0.0741. The second-order valence-corrected chi connectivity index (χ2v) is 8.09. The average Bonchev–Trinajstić information content (AvgIpc) is 2.94. The molecule has 4 heterocycles. The molecule has 0 saturated carbocycles. The minimum absolute atomic E-state index is 0.107. The van der Waals surface area contributed by atoms with Crippen molar-refractivity contribution >= 4 is 22.6 Å². The maximum Gasteiger partial charge on any atom is 0.267 e. The van der Waals surface area contributed by atoms with Crippen LogP contribution in [0.3, 0.4) is 0 Å². The molecule has 0 aliphatic carbocycles. The van der Waals surface area contributed by atoms with Crippen molar-refractivity contribution in [1.82, 2.24) is 14.5 Å². The molecule has 0 spiro atoms. The Bertz CT molecular complexity index is 1760. The summed E-state index contributed by atoms with van der Waals surface area (Å²) in [7, 11) is 2.91. The van der Waals surface area contributed by atoms with E-state index in [-0.39, 0.29) is 28.6 Å². The van der Waals surface area contributed by atoms with Gasteiger partial charge in [-0.3, -0.25) is 19.1 Å². The van der Waals surface area contributed by atoms with Crippen LogP contribution in [0.25, 0.3) is 16.7 Å². The molecule has 1 aromatic carbocycles. The molecule has 4 aromatic heterocycles. The predicted molar refractivity (Wildman–Crippen MR) is 138 cm³/mol. The Hall–Kier alpha value is -5.52. The molecule has 196 valence electrons. The quantitative estimate of drug-likeness (QED) is 0.250. The van der Waals surface area contributed by atoms with E-state index in [0.29, 0.717) is 27.2 Å². The second kappa shape index (κ2) is 10.5. The van der Waals surface area contributed by atoms with Crippen molar-refractivity contribution in [2.24, 2.45) is 0 Å². The lowest BCUT2D eigenvalue weighted by atomic mass is 10.2. The standard InChI is InChI=1S/C27H20FN5O6/c1-37-23-15-20-24(31-26(23)38-2)22(7-10-29-20)39-21-6-5-16(14-19(21)28)30-25(34)18-4-3-11-33(27(18)35)17-8-12-32(36)13-9-17/h3-15H,1-2H3,(H,30,34). The number of nitrogens with zero attached hydrogens (tertiary/aromatic N) is 4. The lowest BCUT2D eigenvalue weighted by Crippen LogP contribution is -2.29. The predicted octanol–water partition coefficient (Wildman–Crippen LogP) is 3.62. The van der Waals surface area contributed by atoms with Crippen LogP contribution in [0.4, 0.5) is 10.1 Å². The van der Waals surface area contributed by atoms with Gasteiger partial charge in [0.1, 0.15) is 11.1 Å². The lowest BCUT2D eigenvalue weighted by Gasteiger charge is -2.12. The van der Waals surface area contributed by atoms with Crippen LogP contribution >= 0.6 is 0 Å². The largest absolute Gasteiger partial charge is 0.619 e. The molecule has 1 N–H and O–H groups in total. The van der Waals surface area contributed by atoms with Crippen molar-refractivity contribution < 1.29 is 28.1 Å². The molecule has 5 rings (SSSR count). The first-order valence-corrected chi connectivity index (χ1v) is 11.5. The van der Waals surface area contributed by atoms with Crippen LogP contribution in [0.1, 0.15) is 10.4 Å². The lowest BCUT2D eigenvalue weighted by molar-refractivity contribution is -0.605. The Balaban J connectivity index is 1.38. The maximum absolute atomic E-state index is 15.0. The topological polar surface area (TPSA) is 132 Å². The molecule has 0 atom stereocenters. The number of carbonyl (C=O) groups excluding carboxylic acids is 1. The number of hydrogen-bond acceptors (Lipinski definition) is 8. The first-order chi connectivity index (χ1) is 18.9. The van der Waals surface area contributed by atoms with Gasteiger partial charge in [-0.05, 0) is 24.3 Å². The summed E-state index contributed by atoms with van der Waals surface area (Å²) in [6.45, 7) is 0. The minimum Gasteiger partial charge on any atom is -0.619 e. The number of rotatable bonds is 7. The van der Waals surface area contributed by atoms with Crippen LogP contribution in [0.2, 0.25) is 0 Å². The van der Waals surface area contributed by atoms with Gasteiger partial charge in [0.2, 0.25) is 0 Å². The molecular weight excluding hydrogens is 509 g/mol. The van der Waals surface area contributed by atoms with E-state index in [1.807, 2.05) is 0 Å². The van der Waals surface area contributed by atoms with Gasteiger partial charge in [-0.1, -0.05) is 0 Å². The summed E-state index contributed by atoms with van der Waals surface area (Å²) in [4.78, 5) is 34.3. The molecule has 39 heavy (non-hydrogen) atoms. The van der Waals surface area contributed by atoms with E-state index in [1.165, 1.54) is 86.0 Å². The molecule has 0 bridgehead atoms. The van der Waals surface area contributed by atoms with Gasteiger partial charge in [-0.25, -0.2) is 9.37 Å². The summed E-state index contributed by atoms with van der Waals surface area (Å²) < 4.78 is 33.1. The number of aromatic nitrogens is 4. The van der Waals surface area contributed by atoms with Crippen LogP contribution in [0, 0.1) is 11.0 Å². The molecular formula is C27H20FN5O6. The Labute approximate surface area is 220 Å². The zero-order chi connectivity index (χ0) is 27.5. The molecule has 0 radical (unpaired) electrons. The van der Waals surface area contributed by atoms with Gasteiger partial charge >= 0.3 is 0 Å². The van der Waals surface area contributed by atoms with Crippen LogP contribution in [0.15, 0.2) is 84.2 Å². The van der Waals surface area contributed by atoms with Gasteiger partial charge in [0.05, 0.1) is 25.4 Å². The van der Waals surface area contributed by atoms with Crippen molar-refractivity contribution in [2.75, 3.05) is 19.5 Å². The van der Waals surface area contributed by atoms with E-state index < -0.39 is 17.3 Å². The number of ether oxygens (including phenoxy) is 3. The molecule has 0 aliphatic rings. The average molecular weight is 529 g/mol. The van der Waals surface area contributed by atoms with Gasteiger partial charge < -0.3 is 24.7 Å². The van der Waals surface area contributed by atoms with E-state index in [1.54, 1.807) is 6.07 Å². The van der Waals surface area contributed by atoms with Crippen molar-refractivity contribution in [1.29, 1.82) is 0 Å². The van der Waals surface area contributed by atoms with E-state index in [2.05, 4.69) is 15.3 Å². The number of fused-ring (bicyclic) bond motifs is 1. The molecule has 5 aromatic rings. The maximum atomic E-state index is 15.0. The van der Waals surface area contributed by atoms with E-state index >= 15 is 0 Å². The van der Waals surface area contributed by atoms with Crippen molar-refractivity contribution in [3.63, 3.8) is 0 Å². The normalized spacial score (nSPS) is 10.7. The van der Waals surface area contributed by atoms with Crippen LogP contribution < -0.4 is 29.8 Å². The van der Waals surface area contributed by atoms with E-state index in [0.717, 1.165) is 6.07 Å². The molecule has 1 amide bonds. The number of carbonyl (C=O) groups is 1. The third kappa shape index (κ3) is 5.03. The van der Waals surface area contributed by atoms with Gasteiger partial charge in [0.15, 0.2) is 35.5 Å². The third-order valence-electron chi connectivity index (χ3n) is 5.68. The van der Waals surface area contributed by atoms with Crippen LogP contribution in [0.5, 0.6) is 23.1 Å². The Kier molecular flexibility index (Phi) is 6.74. The van der Waals surface area contributed by atoms with Gasteiger partial charge in [-0.15, -0.1) is 0 Å². The number of nitrogens with one attached hydrogen (secondary N) is 1. The van der Waals surface area contributed by atoms with Crippen molar-refractivity contribution in [3.8, 4) is 28.8 Å². The first kappa shape index (κ1) is 25.1. The summed E-state index contributed by atoms with van der Waals surface area (Å²) in [5, 5.41) is 13.8. The first-order valence-electron chi connectivity index (χ1n) is 11.5. The van der Waals surface area contributed by atoms with E-state index in [9.17, 15) is 19.2 Å². The smallest absolute Gasteiger partial charge is 0.267 e. The third-order valence-corrected chi connectivity index (χ3v) is 5.68. The summed E-state index contributed by atoms with van der Waals surface area (Å²) in [5.74, 6) is -0.807. The number of benzene rings is 1. The summed E-state index contributed by atoms with van der Waals surface area (Å²) >= 11 is 0. The number of amides is 1. The molecule has 11 nitrogen and oxygen atoms in total. The minimum atomic E-state index is -0.765. The van der Waals surface area contributed by atoms with Crippen LogP contribution in [-0.2, 0) is 0 Å². The van der Waals surface area contributed by atoms with E-state index in [4.69, 9.17) is 14.2 Å². The zero-order valence-corrected chi connectivity index (χ0v) is 20.6.